The number of aliphatic hydroxyl groups is 1. The van der Waals surface area contributed by atoms with E-state index in [0.29, 0.717) is 0 Å². The molecule has 0 rings (SSSR count). The molecule has 3 radical (unpaired) electrons. The minimum atomic E-state index is 0. The Balaban J connectivity index is -0.0000000273. The summed E-state index contributed by atoms with van der Waals surface area (Å²) in [5.74, 6) is 0. The van der Waals surface area contributed by atoms with Gasteiger partial charge in [-0.05, 0) is 6.92 Å². The zero-order valence-corrected chi connectivity index (χ0v) is 9.46. The summed E-state index contributed by atoms with van der Waals surface area (Å²) in [6.07, 6.45) is 2.56. The second kappa shape index (κ2) is 54.7. The summed E-state index contributed by atoms with van der Waals surface area (Å²) in [4.78, 5) is 0. The minimum Gasteiger partial charge on any atom is -0.397 e. The monoisotopic (exact) mass is 213 g/mol. The molecule has 0 spiro atoms. The Bertz CT molecular complexity index is 42.9. The number of aliphatic hydroxyl groups excluding tert-OH is 1. The first-order valence-corrected chi connectivity index (χ1v) is 2.60. The fourth-order valence-corrected chi connectivity index (χ4v) is 0. The third kappa shape index (κ3) is 193. The topological polar surface area (TPSA) is 20.2 Å². The molecule has 0 amide bonds. The van der Waals surface area contributed by atoms with Gasteiger partial charge in [0.2, 0.25) is 0 Å². The first-order chi connectivity index (χ1) is 4.33. The van der Waals surface area contributed by atoms with E-state index >= 15 is 0 Å². The predicted octanol–water partition coefficient (Wildman–Crippen LogP) is 1.16. The molecule has 1 nitrogen and oxygen atoms in total. The van der Waals surface area contributed by atoms with Crippen LogP contribution in [0.15, 0.2) is 12.2 Å². The van der Waals surface area contributed by atoms with Crippen LogP contribution in [0.2, 0.25) is 6.82 Å². The van der Waals surface area contributed by atoms with Crippen molar-refractivity contribution in [3.05, 3.63) is 25.3 Å². The third-order valence-electron chi connectivity index (χ3n) is 0.111. The van der Waals surface area contributed by atoms with Gasteiger partial charge in [-0.15, -0.1) is 0 Å². The Kier molecular flexibility index (Phi) is 123. The van der Waals surface area contributed by atoms with Crippen LogP contribution in [0.1, 0.15) is 6.92 Å². The van der Waals surface area contributed by atoms with Gasteiger partial charge in [0.1, 0.15) is 0 Å². The van der Waals surface area contributed by atoms with Gasteiger partial charge in [-0.2, -0.15) is 0 Å². The molecule has 0 aromatic heterocycles. The van der Waals surface area contributed by atoms with Crippen LogP contribution < -0.4 is 0 Å². The Morgan fingerprint density at radius 2 is 1.40 bits per heavy atom. The summed E-state index contributed by atoms with van der Waals surface area (Å²) in [6.45, 7) is 12.9. The van der Waals surface area contributed by atoms with Crippen molar-refractivity contribution in [2.75, 3.05) is 6.61 Å². The van der Waals surface area contributed by atoms with Gasteiger partial charge in [-0.3, -0.25) is 0 Å². The van der Waals surface area contributed by atoms with Gasteiger partial charge in [0.15, 0.2) is 0 Å². The minimum absolute atomic E-state index is 0. The summed E-state index contributed by atoms with van der Waals surface area (Å²) in [5, 5.41) is 7.57. The fourth-order valence-electron chi connectivity index (χ4n) is 0. The predicted molar refractivity (Wildman–Crippen MR) is 42.1 cm³/mol. The number of allylic oxidation sites excluding steroid dienone is 2. The van der Waals surface area contributed by atoms with E-state index < -0.39 is 0 Å². The maximum atomic E-state index is 7.57. The van der Waals surface area contributed by atoms with Crippen molar-refractivity contribution < 1.29 is 37.8 Å². The average molecular weight is 213 g/mol. The molecule has 55 valence electrons. The molecule has 0 aromatic carbocycles. The van der Waals surface area contributed by atoms with Gasteiger partial charge in [0.05, 0.1) is 7.85 Å². The van der Waals surface area contributed by atoms with Crippen molar-refractivity contribution in [2.24, 2.45) is 0 Å². The quantitative estimate of drug-likeness (QED) is 0.393. The van der Waals surface area contributed by atoms with Crippen molar-refractivity contribution in [1.82, 2.24) is 0 Å². The first-order valence-electron chi connectivity index (χ1n) is 2.60. The standard InChI is InChI=1S/C4H4.C2H6O.CH3B.Y/c1-3-4-2;1-2-3;1-2;/h1-4H;3H,2H2,1H3;1H3;/q-2;;;. The third-order valence-corrected chi connectivity index (χ3v) is 0.111. The van der Waals surface area contributed by atoms with E-state index in [1.165, 1.54) is 19.0 Å². The van der Waals surface area contributed by atoms with Crippen LogP contribution >= 0.6 is 0 Å². The van der Waals surface area contributed by atoms with E-state index in [9.17, 15) is 0 Å². The molecule has 1 N–H and O–H groups in total. The normalized spacial score (nSPS) is 4.30. The molecule has 0 aliphatic heterocycles. The molecular formula is C7H13BOY-2. The summed E-state index contributed by atoms with van der Waals surface area (Å²) < 4.78 is 0. The Labute approximate surface area is 90.9 Å². The van der Waals surface area contributed by atoms with Crippen molar-refractivity contribution >= 4 is 7.85 Å². The van der Waals surface area contributed by atoms with Crippen LogP contribution in [0, 0.1) is 13.2 Å². The summed E-state index contributed by atoms with van der Waals surface area (Å²) in [6, 6.07) is 0. The van der Waals surface area contributed by atoms with Crippen LogP contribution in [0.3, 0.4) is 0 Å². The molecule has 0 saturated carbocycles. The molecule has 0 heterocycles. The molecule has 0 saturated heterocycles. The first kappa shape index (κ1) is 22.4. The van der Waals surface area contributed by atoms with Crippen molar-refractivity contribution in [3.63, 3.8) is 0 Å². The van der Waals surface area contributed by atoms with Crippen LogP contribution in [-0.2, 0) is 32.7 Å². The Morgan fingerprint density at radius 3 is 1.40 bits per heavy atom. The molecule has 0 aliphatic rings. The molecule has 10 heavy (non-hydrogen) atoms. The van der Waals surface area contributed by atoms with Crippen molar-refractivity contribution in [1.29, 1.82) is 0 Å². The molecule has 0 atom stereocenters. The second-order valence-electron chi connectivity index (χ2n) is 0.701. The van der Waals surface area contributed by atoms with E-state index in [1.807, 2.05) is 0 Å². The summed E-state index contributed by atoms with van der Waals surface area (Å²) in [7, 11) is 4.50. The van der Waals surface area contributed by atoms with Crippen molar-refractivity contribution in [3.8, 4) is 0 Å². The zero-order chi connectivity index (χ0) is 8.12. The van der Waals surface area contributed by atoms with E-state index in [-0.39, 0.29) is 39.3 Å². The van der Waals surface area contributed by atoms with Crippen LogP contribution in [0.4, 0.5) is 0 Å². The molecule has 0 aromatic rings. The van der Waals surface area contributed by atoms with E-state index in [4.69, 9.17) is 18.3 Å². The Morgan fingerprint density at radius 1 is 1.30 bits per heavy atom. The van der Waals surface area contributed by atoms with Crippen LogP contribution in [-0.4, -0.2) is 19.6 Å². The van der Waals surface area contributed by atoms with Gasteiger partial charge < -0.3 is 30.4 Å². The SMILES string of the molecule is CCO.[B]C.[CH-]=CC=[CH-].[Y]. The number of hydrogen-bond acceptors (Lipinski definition) is 1. The average Bonchev–Trinajstić information content (AvgIpc) is 1.94. The smallest absolute Gasteiger partial charge is 0.0606 e. The maximum Gasteiger partial charge on any atom is 0.0606 e. The molecule has 0 unspecified atom stereocenters. The van der Waals surface area contributed by atoms with Crippen LogP contribution in [0.5, 0.6) is 0 Å². The van der Waals surface area contributed by atoms with Gasteiger partial charge in [-0.25, -0.2) is 0 Å². The van der Waals surface area contributed by atoms with Crippen molar-refractivity contribution in [2.45, 2.75) is 13.7 Å². The van der Waals surface area contributed by atoms with Gasteiger partial charge in [0.25, 0.3) is 0 Å². The fraction of sp³-hybridized carbons (Fsp3) is 0.429. The number of rotatable bonds is 1. The van der Waals surface area contributed by atoms with E-state index in [2.05, 4.69) is 7.85 Å². The number of hydrogen-bond donors (Lipinski definition) is 1. The molecule has 0 fully saturated rings. The second-order valence-corrected chi connectivity index (χ2v) is 0.701. The van der Waals surface area contributed by atoms with E-state index in [1.54, 1.807) is 6.92 Å². The molecular weight excluding hydrogens is 200 g/mol. The van der Waals surface area contributed by atoms with Gasteiger partial charge >= 0.3 is 0 Å². The Hall–Kier alpha value is 0.609. The maximum absolute atomic E-state index is 7.57. The van der Waals surface area contributed by atoms with Gasteiger partial charge in [0, 0.05) is 39.3 Å². The van der Waals surface area contributed by atoms with Crippen LogP contribution in [0.25, 0.3) is 0 Å². The largest absolute Gasteiger partial charge is 0.397 e. The molecule has 0 aliphatic carbocycles. The summed E-state index contributed by atoms with van der Waals surface area (Å²) in [5.41, 5.74) is 0. The molecule has 0 bridgehead atoms. The van der Waals surface area contributed by atoms with Gasteiger partial charge in [-0.1, -0.05) is 6.82 Å². The zero-order valence-electron chi connectivity index (χ0n) is 6.62. The summed E-state index contributed by atoms with van der Waals surface area (Å²) >= 11 is 0. The van der Waals surface area contributed by atoms with E-state index in [0.717, 1.165) is 0 Å². The molecule has 3 heteroatoms.